The molecule has 0 saturated heterocycles. The number of amides is 1. The first-order valence-corrected chi connectivity index (χ1v) is 8.36. The van der Waals surface area contributed by atoms with Crippen LogP contribution in [-0.2, 0) is 6.42 Å². The number of carbonyl (C=O) groups is 1. The highest BCUT2D eigenvalue weighted by Crippen LogP contribution is 2.19. The van der Waals surface area contributed by atoms with Gasteiger partial charge in [-0.3, -0.25) is 10.1 Å². The summed E-state index contributed by atoms with van der Waals surface area (Å²) in [6.45, 7) is 2.04. The van der Waals surface area contributed by atoms with Gasteiger partial charge in [-0.15, -0.1) is 16.4 Å². The maximum Gasteiger partial charge on any atom is 0.279 e. The van der Waals surface area contributed by atoms with Crippen LogP contribution in [0.25, 0.3) is 5.69 Å². The lowest BCUT2D eigenvalue weighted by molar-refractivity contribution is 0.102. The van der Waals surface area contributed by atoms with Crippen molar-refractivity contribution in [1.82, 2.24) is 20.0 Å². The van der Waals surface area contributed by atoms with Gasteiger partial charge in [0.1, 0.15) is 0 Å². The van der Waals surface area contributed by atoms with Crippen molar-refractivity contribution in [2.24, 2.45) is 0 Å². The van der Waals surface area contributed by atoms with Gasteiger partial charge in [0, 0.05) is 16.6 Å². The topological polar surface area (TPSA) is 72.7 Å². The van der Waals surface area contributed by atoms with E-state index in [2.05, 4.69) is 20.6 Å². The van der Waals surface area contributed by atoms with Crippen LogP contribution in [0.4, 0.5) is 5.13 Å². The van der Waals surface area contributed by atoms with E-state index in [0.29, 0.717) is 22.3 Å². The van der Waals surface area contributed by atoms with Gasteiger partial charge in [0.15, 0.2) is 10.8 Å². The molecule has 0 bridgehead atoms. The van der Waals surface area contributed by atoms with Crippen LogP contribution in [0.3, 0.4) is 0 Å². The van der Waals surface area contributed by atoms with Gasteiger partial charge in [-0.05, 0) is 30.7 Å². The fourth-order valence-electron chi connectivity index (χ4n) is 2.17. The fraction of sp³-hybridized carbons (Fsp3) is 0.200. The molecule has 0 aliphatic carbocycles. The van der Waals surface area contributed by atoms with Gasteiger partial charge < -0.3 is 0 Å². The van der Waals surface area contributed by atoms with E-state index in [1.165, 1.54) is 11.3 Å². The third-order valence-corrected chi connectivity index (χ3v) is 4.13. The van der Waals surface area contributed by atoms with E-state index < -0.39 is 0 Å². The number of hydrogen-bond donors (Lipinski definition) is 1. The number of benzene rings is 1. The van der Waals surface area contributed by atoms with Gasteiger partial charge in [0.05, 0.1) is 11.4 Å². The summed E-state index contributed by atoms with van der Waals surface area (Å²) < 4.78 is 1.68. The molecule has 0 saturated carbocycles. The van der Waals surface area contributed by atoms with E-state index >= 15 is 0 Å². The van der Waals surface area contributed by atoms with Crippen LogP contribution in [-0.4, -0.2) is 25.9 Å². The SMILES string of the molecule is CCCc1c(C(=O)Nc2nccs2)nnn1-c1ccc(Cl)cc1. The standard InChI is InChI=1S/C15H14ClN5OS/c1-2-3-12-13(14(22)18-15-17-8-9-23-15)19-20-21(12)11-6-4-10(16)5-7-11/h4-9H,2-3H2,1H3,(H,17,18,22). The predicted octanol–water partition coefficient (Wildman–Crippen LogP) is 3.58. The lowest BCUT2D eigenvalue weighted by Crippen LogP contribution is -2.15. The Morgan fingerprint density at radius 2 is 2.13 bits per heavy atom. The summed E-state index contributed by atoms with van der Waals surface area (Å²) in [5.41, 5.74) is 1.90. The molecule has 0 radical (unpaired) electrons. The Balaban J connectivity index is 1.94. The molecule has 0 aliphatic rings. The molecule has 6 nitrogen and oxygen atoms in total. The Bertz CT molecular complexity index is 798. The lowest BCUT2D eigenvalue weighted by Gasteiger charge is -2.07. The van der Waals surface area contributed by atoms with E-state index in [0.717, 1.165) is 17.8 Å². The predicted molar refractivity (Wildman–Crippen MR) is 90.4 cm³/mol. The monoisotopic (exact) mass is 347 g/mol. The first-order chi connectivity index (χ1) is 11.2. The number of nitrogens with one attached hydrogen (secondary N) is 1. The summed E-state index contributed by atoms with van der Waals surface area (Å²) in [4.78, 5) is 16.5. The van der Waals surface area contributed by atoms with Crippen LogP contribution in [0.1, 0.15) is 29.5 Å². The van der Waals surface area contributed by atoms with E-state index in [1.807, 2.05) is 19.1 Å². The highest BCUT2D eigenvalue weighted by molar-refractivity contribution is 7.13. The first kappa shape index (κ1) is 15.6. The Kier molecular flexibility index (Phi) is 4.68. The molecule has 23 heavy (non-hydrogen) atoms. The number of anilines is 1. The number of aromatic nitrogens is 4. The van der Waals surface area contributed by atoms with Crippen molar-refractivity contribution in [1.29, 1.82) is 0 Å². The molecule has 0 aliphatic heterocycles. The molecule has 0 unspecified atom stereocenters. The summed E-state index contributed by atoms with van der Waals surface area (Å²) in [5, 5.41) is 13.9. The van der Waals surface area contributed by atoms with Crippen molar-refractivity contribution >= 4 is 34.0 Å². The minimum Gasteiger partial charge on any atom is -0.296 e. The van der Waals surface area contributed by atoms with Crippen molar-refractivity contribution in [2.45, 2.75) is 19.8 Å². The van der Waals surface area contributed by atoms with E-state index in [4.69, 9.17) is 11.6 Å². The minimum absolute atomic E-state index is 0.302. The fourth-order valence-corrected chi connectivity index (χ4v) is 2.82. The van der Waals surface area contributed by atoms with Crippen molar-refractivity contribution in [2.75, 3.05) is 5.32 Å². The molecular formula is C15H14ClN5OS. The molecule has 118 valence electrons. The zero-order valence-electron chi connectivity index (χ0n) is 12.4. The summed E-state index contributed by atoms with van der Waals surface area (Å²) in [6, 6.07) is 7.25. The lowest BCUT2D eigenvalue weighted by atomic mass is 10.2. The average Bonchev–Trinajstić information content (AvgIpc) is 3.18. The molecule has 2 heterocycles. The summed E-state index contributed by atoms with van der Waals surface area (Å²) in [5.74, 6) is -0.302. The molecule has 3 rings (SSSR count). The minimum atomic E-state index is -0.302. The second kappa shape index (κ2) is 6.89. The molecule has 0 spiro atoms. The zero-order chi connectivity index (χ0) is 16.2. The van der Waals surface area contributed by atoms with Gasteiger partial charge in [0.25, 0.3) is 5.91 Å². The highest BCUT2D eigenvalue weighted by atomic mass is 35.5. The third kappa shape index (κ3) is 3.40. The van der Waals surface area contributed by atoms with Crippen LogP contribution < -0.4 is 5.32 Å². The number of nitrogens with zero attached hydrogens (tertiary/aromatic N) is 4. The summed E-state index contributed by atoms with van der Waals surface area (Å²) >= 11 is 7.28. The van der Waals surface area contributed by atoms with Gasteiger partial charge in [-0.25, -0.2) is 9.67 Å². The van der Waals surface area contributed by atoms with E-state index in [-0.39, 0.29) is 5.91 Å². The van der Waals surface area contributed by atoms with Crippen molar-refractivity contribution < 1.29 is 4.79 Å². The molecule has 8 heteroatoms. The van der Waals surface area contributed by atoms with E-state index in [9.17, 15) is 4.79 Å². The molecule has 1 N–H and O–H groups in total. The van der Waals surface area contributed by atoms with Crippen molar-refractivity contribution in [3.05, 3.63) is 52.3 Å². The third-order valence-electron chi connectivity index (χ3n) is 3.19. The van der Waals surface area contributed by atoms with Crippen LogP contribution in [0.15, 0.2) is 35.8 Å². The zero-order valence-corrected chi connectivity index (χ0v) is 13.9. The molecular weight excluding hydrogens is 334 g/mol. The summed E-state index contributed by atoms with van der Waals surface area (Å²) in [7, 11) is 0. The maximum absolute atomic E-state index is 12.4. The molecule has 1 amide bonds. The molecule has 1 aromatic carbocycles. The van der Waals surface area contributed by atoms with E-state index in [1.54, 1.807) is 28.4 Å². The Labute approximate surface area is 142 Å². The smallest absolute Gasteiger partial charge is 0.279 e. The largest absolute Gasteiger partial charge is 0.296 e. The van der Waals surface area contributed by atoms with Crippen LogP contribution in [0.2, 0.25) is 5.02 Å². The Hall–Kier alpha value is -2.25. The number of halogens is 1. The average molecular weight is 348 g/mol. The molecule has 3 aromatic rings. The van der Waals surface area contributed by atoms with Crippen LogP contribution in [0, 0.1) is 0 Å². The second-order valence-corrected chi connectivity index (χ2v) is 6.15. The molecule has 2 aromatic heterocycles. The number of carbonyl (C=O) groups excluding carboxylic acids is 1. The number of hydrogen-bond acceptors (Lipinski definition) is 5. The first-order valence-electron chi connectivity index (χ1n) is 7.10. The maximum atomic E-state index is 12.4. The molecule has 0 fully saturated rings. The highest BCUT2D eigenvalue weighted by Gasteiger charge is 2.20. The van der Waals surface area contributed by atoms with Gasteiger partial charge in [-0.2, -0.15) is 0 Å². The van der Waals surface area contributed by atoms with Gasteiger partial charge in [0.2, 0.25) is 0 Å². The second-order valence-electron chi connectivity index (χ2n) is 4.81. The Morgan fingerprint density at radius 1 is 1.35 bits per heavy atom. The number of thiazole rings is 1. The van der Waals surface area contributed by atoms with Crippen molar-refractivity contribution in [3.8, 4) is 5.69 Å². The van der Waals surface area contributed by atoms with Gasteiger partial charge in [-0.1, -0.05) is 30.2 Å². The van der Waals surface area contributed by atoms with Crippen molar-refractivity contribution in [3.63, 3.8) is 0 Å². The number of rotatable bonds is 5. The molecule has 0 atom stereocenters. The van der Waals surface area contributed by atoms with Gasteiger partial charge >= 0.3 is 0 Å². The van der Waals surface area contributed by atoms with Crippen LogP contribution >= 0.6 is 22.9 Å². The van der Waals surface area contributed by atoms with Crippen LogP contribution in [0.5, 0.6) is 0 Å². The quantitative estimate of drug-likeness (QED) is 0.765. The normalized spacial score (nSPS) is 10.7. The summed E-state index contributed by atoms with van der Waals surface area (Å²) in [6.07, 6.45) is 3.20. The Morgan fingerprint density at radius 3 is 2.78 bits per heavy atom.